The third-order valence-corrected chi connectivity index (χ3v) is 4.68. The van der Waals surface area contributed by atoms with Gasteiger partial charge in [0.1, 0.15) is 0 Å². The fraction of sp³-hybridized carbons (Fsp3) is 0.0476. The second-order valence-corrected chi connectivity index (χ2v) is 6.35. The number of fused-ring (bicyclic) bond motifs is 2. The average Bonchev–Trinajstić information content (AvgIpc) is 2.73. The predicted octanol–water partition coefficient (Wildman–Crippen LogP) is 6.09. The number of nitrogens with zero attached hydrogens (tertiary/aromatic N) is 4. The molecule has 8 nitrogen and oxygen atoms in total. The lowest BCUT2D eigenvalue weighted by molar-refractivity contribution is -0.383. The predicted molar refractivity (Wildman–Crippen MR) is 109 cm³/mol. The summed E-state index contributed by atoms with van der Waals surface area (Å²) < 4.78 is 0. The van der Waals surface area contributed by atoms with Crippen molar-refractivity contribution in [3.05, 3.63) is 98.6 Å². The zero-order chi connectivity index (χ0) is 20.4. The van der Waals surface area contributed by atoms with Crippen LogP contribution in [0.1, 0.15) is 5.56 Å². The van der Waals surface area contributed by atoms with Gasteiger partial charge in [0.25, 0.3) is 11.4 Å². The lowest BCUT2D eigenvalue weighted by atomic mass is 10.0. The van der Waals surface area contributed by atoms with E-state index in [1.54, 1.807) is 48.5 Å². The minimum absolute atomic E-state index is 0.0147. The first kappa shape index (κ1) is 18.2. The van der Waals surface area contributed by atoms with Crippen LogP contribution in [0, 0.1) is 20.2 Å². The van der Waals surface area contributed by atoms with Crippen LogP contribution in [0.5, 0.6) is 0 Å². The Morgan fingerprint density at radius 1 is 0.655 bits per heavy atom. The Bertz CT molecular complexity index is 1300. The lowest BCUT2D eigenvalue weighted by Gasteiger charge is -2.05. The van der Waals surface area contributed by atoms with Gasteiger partial charge >= 0.3 is 0 Å². The molecule has 0 N–H and O–H groups in total. The van der Waals surface area contributed by atoms with Gasteiger partial charge in [-0.2, -0.15) is 10.2 Å². The third kappa shape index (κ3) is 3.39. The van der Waals surface area contributed by atoms with Gasteiger partial charge in [-0.1, -0.05) is 36.4 Å². The van der Waals surface area contributed by atoms with E-state index in [0.29, 0.717) is 21.8 Å². The van der Waals surface area contributed by atoms with Gasteiger partial charge in [-0.3, -0.25) is 20.2 Å². The van der Waals surface area contributed by atoms with Crippen molar-refractivity contribution in [2.75, 3.05) is 0 Å². The summed E-state index contributed by atoms with van der Waals surface area (Å²) in [6.45, 7) is 0.226. The van der Waals surface area contributed by atoms with E-state index in [9.17, 15) is 20.2 Å². The highest BCUT2D eigenvalue weighted by atomic mass is 16.6. The Kier molecular flexibility index (Phi) is 4.66. The van der Waals surface area contributed by atoms with Crippen molar-refractivity contribution in [1.82, 2.24) is 0 Å². The Labute approximate surface area is 164 Å². The van der Waals surface area contributed by atoms with Crippen molar-refractivity contribution in [3.8, 4) is 0 Å². The smallest absolute Gasteiger partial charge is 0.258 e. The first-order valence-electron chi connectivity index (χ1n) is 8.75. The van der Waals surface area contributed by atoms with Crippen molar-refractivity contribution in [2.24, 2.45) is 10.2 Å². The van der Waals surface area contributed by atoms with Gasteiger partial charge in [0.15, 0.2) is 0 Å². The summed E-state index contributed by atoms with van der Waals surface area (Å²) in [5, 5.41) is 33.4. The molecule has 0 heterocycles. The highest BCUT2D eigenvalue weighted by molar-refractivity contribution is 5.98. The molecule has 0 spiro atoms. The van der Waals surface area contributed by atoms with Crippen LogP contribution in [0.15, 0.2) is 83.0 Å². The monoisotopic (exact) mass is 386 g/mol. The fourth-order valence-corrected chi connectivity index (χ4v) is 3.34. The molecule has 0 fully saturated rings. The molecule has 4 aromatic carbocycles. The van der Waals surface area contributed by atoms with E-state index in [2.05, 4.69) is 10.2 Å². The second kappa shape index (κ2) is 7.43. The van der Waals surface area contributed by atoms with Crippen LogP contribution in [0.4, 0.5) is 17.1 Å². The zero-order valence-electron chi connectivity index (χ0n) is 15.1. The molecule has 0 saturated carbocycles. The molecular formula is C21H14N4O4. The minimum atomic E-state index is -0.424. The van der Waals surface area contributed by atoms with E-state index >= 15 is 0 Å². The number of non-ortho nitro benzene ring substituents is 2. The highest BCUT2D eigenvalue weighted by Gasteiger charge is 2.15. The maximum atomic E-state index is 11.2. The van der Waals surface area contributed by atoms with Gasteiger partial charge in [0.05, 0.1) is 32.9 Å². The number of azo groups is 1. The molecule has 29 heavy (non-hydrogen) atoms. The van der Waals surface area contributed by atoms with Gasteiger partial charge in [0.2, 0.25) is 0 Å². The number of nitro groups is 2. The van der Waals surface area contributed by atoms with Crippen molar-refractivity contribution in [2.45, 2.75) is 6.54 Å². The summed E-state index contributed by atoms with van der Waals surface area (Å²) in [6.07, 6.45) is 0. The highest BCUT2D eigenvalue weighted by Crippen LogP contribution is 2.34. The summed E-state index contributed by atoms with van der Waals surface area (Å²) in [4.78, 5) is 21.6. The first-order valence-corrected chi connectivity index (χ1v) is 8.75. The standard InChI is InChI=1S/C21H14N4O4/c26-24(27)20-11-9-14(15-5-1-3-7-17(15)20)13-22-23-19-10-12-21(25(28)29)18-8-4-2-6-16(18)19/h1-12H,13H2. The molecule has 142 valence electrons. The van der Waals surface area contributed by atoms with E-state index in [1.165, 1.54) is 12.1 Å². The van der Waals surface area contributed by atoms with Crippen molar-refractivity contribution < 1.29 is 9.85 Å². The summed E-state index contributed by atoms with van der Waals surface area (Å²) >= 11 is 0. The number of rotatable bonds is 5. The normalized spacial score (nSPS) is 11.3. The van der Waals surface area contributed by atoms with Crippen LogP contribution in [-0.4, -0.2) is 9.85 Å². The molecule has 0 amide bonds. The zero-order valence-corrected chi connectivity index (χ0v) is 15.1. The molecule has 0 radical (unpaired) electrons. The van der Waals surface area contributed by atoms with Crippen LogP contribution in [0.25, 0.3) is 21.5 Å². The third-order valence-electron chi connectivity index (χ3n) is 4.68. The Hall–Kier alpha value is -4.20. The second-order valence-electron chi connectivity index (χ2n) is 6.35. The molecule has 0 unspecified atom stereocenters. The van der Waals surface area contributed by atoms with E-state index in [4.69, 9.17) is 0 Å². The van der Waals surface area contributed by atoms with Crippen molar-refractivity contribution >= 4 is 38.6 Å². The van der Waals surface area contributed by atoms with Gasteiger partial charge in [-0.05, 0) is 35.2 Å². The first-order chi connectivity index (χ1) is 14.1. The molecular weight excluding hydrogens is 372 g/mol. The summed E-state index contributed by atoms with van der Waals surface area (Å²) in [5.74, 6) is 0. The van der Waals surface area contributed by atoms with Crippen LogP contribution < -0.4 is 0 Å². The molecule has 0 aliphatic carbocycles. The molecule has 4 rings (SSSR count). The number of benzene rings is 4. The van der Waals surface area contributed by atoms with Crippen LogP contribution in [-0.2, 0) is 6.54 Å². The van der Waals surface area contributed by atoms with E-state index in [-0.39, 0.29) is 17.9 Å². The van der Waals surface area contributed by atoms with Gasteiger partial charge in [0, 0.05) is 17.5 Å². The number of hydrogen-bond donors (Lipinski definition) is 0. The molecule has 0 aliphatic heterocycles. The topological polar surface area (TPSA) is 111 Å². The average molecular weight is 386 g/mol. The fourth-order valence-electron chi connectivity index (χ4n) is 3.34. The maximum Gasteiger partial charge on any atom is 0.277 e. The summed E-state index contributed by atoms with van der Waals surface area (Å²) in [7, 11) is 0. The number of nitro benzene ring substituents is 2. The van der Waals surface area contributed by atoms with Crippen molar-refractivity contribution in [3.63, 3.8) is 0 Å². The van der Waals surface area contributed by atoms with Gasteiger partial charge in [-0.15, -0.1) is 0 Å². The quantitative estimate of drug-likeness (QED) is 0.234. The Morgan fingerprint density at radius 2 is 1.17 bits per heavy atom. The SMILES string of the molecule is O=[N+]([O-])c1ccc(CN=Nc2ccc([N+](=O)[O-])c3ccccc23)c2ccccc12. The van der Waals surface area contributed by atoms with Crippen LogP contribution in [0.2, 0.25) is 0 Å². The Morgan fingerprint density at radius 3 is 1.79 bits per heavy atom. The van der Waals surface area contributed by atoms with Crippen molar-refractivity contribution in [1.29, 1.82) is 0 Å². The Balaban J connectivity index is 1.70. The largest absolute Gasteiger partial charge is 0.277 e. The molecule has 0 aromatic heterocycles. The summed E-state index contributed by atoms with van der Waals surface area (Å²) in [6, 6.07) is 20.2. The lowest BCUT2D eigenvalue weighted by Crippen LogP contribution is -1.92. The van der Waals surface area contributed by atoms with E-state index in [1.807, 2.05) is 12.1 Å². The minimum Gasteiger partial charge on any atom is -0.258 e. The molecule has 0 saturated heterocycles. The van der Waals surface area contributed by atoms with Gasteiger partial charge < -0.3 is 0 Å². The van der Waals surface area contributed by atoms with Crippen LogP contribution >= 0.6 is 0 Å². The maximum absolute atomic E-state index is 11.2. The van der Waals surface area contributed by atoms with Crippen LogP contribution in [0.3, 0.4) is 0 Å². The molecule has 4 aromatic rings. The summed E-state index contributed by atoms with van der Waals surface area (Å²) in [5.41, 5.74) is 1.39. The molecule has 0 atom stereocenters. The molecule has 0 bridgehead atoms. The van der Waals surface area contributed by atoms with E-state index in [0.717, 1.165) is 10.9 Å². The number of hydrogen-bond acceptors (Lipinski definition) is 6. The molecule has 0 aliphatic rings. The van der Waals surface area contributed by atoms with E-state index < -0.39 is 9.85 Å². The molecule has 8 heteroatoms. The van der Waals surface area contributed by atoms with Gasteiger partial charge in [-0.25, -0.2) is 0 Å².